The van der Waals surface area contributed by atoms with Gasteiger partial charge in [0.25, 0.3) is 0 Å². The van der Waals surface area contributed by atoms with Gasteiger partial charge in [-0.15, -0.1) is 47.0 Å². The zero-order valence-corrected chi connectivity index (χ0v) is 12.0. The average Bonchev–Trinajstić information content (AvgIpc) is 2.02. The van der Waals surface area contributed by atoms with Crippen molar-refractivity contribution in [2.75, 3.05) is 20.3 Å². The van der Waals surface area contributed by atoms with Crippen LogP contribution in [-0.2, 0) is 0 Å². The van der Waals surface area contributed by atoms with Crippen LogP contribution in [0.3, 0.4) is 0 Å². The smallest absolute Gasteiger partial charge is 0.0452 e. The SMILES string of the molecule is CC(S)SCSCSCSCS. The van der Waals surface area contributed by atoms with Gasteiger partial charge in [-0.3, -0.25) is 0 Å². The summed E-state index contributed by atoms with van der Waals surface area (Å²) in [6, 6.07) is 0. The maximum Gasteiger partial charge on any atom is 0.0452 e. The largest absolute Gasteiger partial charge is 0.168 e. The Hall–Kier alpha value is 2.10. The molecule has 0 aromatic carbocycles. The first-order chi connectivity index (χ1) is 5.77. The standard InChI is InChI=1S/C6H14S6/c1-6(8)12-5-11-4-10-3-9-2-7/h6-8H,2-5H2,1H3. The summed E-state index contributed by atoms with van der Waals surface area (Å²) in [4.78, 5) is 0. The lowest BCUT2D eigenvalue weighted by Gasteiger charge is -2.03. The molecule has 0 rings (SSSR count). The number of rotatable bonds is 8. The highest BCUT2D eigenvalue weighted by Crippen LogP contribution is 2.24. The average molecular weight is 279 g/mol. The lowest BCUT2D eigenvalue weighted by Crippen LogP contribution is -1.83. The first kappa shape index (κ1) is 14.1. The maximum absolute atomic E-state index is 4.29. The molecule has 1 atom stereocenters. The van der Waals surface area contributed by atoms with E-state index in [2.05, 4.69) is 32.2 Å². The Labute approximate surface area is 103 Å². The van der Waals surface area contributed by atoms with Gasteiger partial charge in [-0.05, 0) is 6.92 Å². The molecular weight excluding hydrogens is 264 g/mol. The molecule has 0 saturated carbocycles. The molecule has 0 saturated heterocycles. The van der Waals surface area contributed by atoms with Gasteiger partial charge in [-0.2, -0.15) is 25.3 Å². The van der Waals surface area contributed by atoms with E-state index in [9.17, 15) is 0 Å². The van der Waals surface area contributed by atoms with E-state index in [0.29, 0.717) is 4.58 Å². The first-order valence-electron chi connectivity index (χ1n) is 3.41. The summed E-state index contributed by atoms with van der Waals surface area (Å²) in [5.41, 5.74) is 0. The molecule has 0 aliphatic heterocycles. The summed E-state index contributed by atoms with van der Waals surface area (Å²) in [5, 5.41) is 4.44. The van der Waals surface area contributed by atoms with Crippen molar-refractivity contribution in [2.45, 2.75) is 11.5 Å². The molecule has 0 radical (unpaired) electrons. The van der Waals surface area contributed by atoms with Gasteiger partial charge in [0.15, 0.2) is 0 Å². The molecule has 0 aliphatic rings. The zero-order valence-electron chi connectivity index (χ0n) is 6.93. The molecule has 6 heteroatoms. The number of thiol groups is 2. The van der Waals surface area contributed by atoms with E-state index >= 15 is 0 Å². The Balaban J connectivity index is 2.82. The van der Waals surface area contributed by atoms with Crippen molar-refractivity contribution in [3.05, 3.63) is 0 Å². The Morgan fingerprint density at radius 2 is 1.67 bits per heavy atom. The van der Waals surface area contributed by atoms with Crippen molar-refractivity contribution in [1.82, 2.24) is 0 Å². The van der Waals surface area contributed by atoms with Gasteiger partial charge in [0.05, 0.1) is 0 Å². The van der Waals surface area contributed by atoms with Crippen LogP contribution in [-0.4, -0.2) is 24.9 Å². The van der Waals surface area contributed by atoms with Crippen molar-refractivity contribution in [3.63, 3.8) is 0 Å². The molecule has 0 spiro atoms. The summed E-state index contributed by atoms with van der Waals surface area (Å²) in [6.45, 7) is 2.11. The van der Waals surface area contributed by atoms with E-state index in [1.165, 1.54) is 5.08 Å². The molecule has 12 heavy (non-hydrogen) atoms. The Morgan fingerprint density at radius 3 is 2.25 bits per heavy atom. The minimum absolute atomic E-state index is 0.467. The van der Waals surface area contributed by atoms with Crippen molar-refractivity contribution < 1.29 is 0 Å². The van der Waals surface area contributed by atoms with Crippen LogP contribution >= 0.6 is 72.3 Å². The van der Waals surface area contributed by atoms with Gasteiger partial charge in [0, 0.05) is 24.9 Å². The second kappa shape index (κ2) is 11.2. The van der Waals surface area contributed by atoms with Crippen LogP contribution in [0.5, 0.6) is 0 Å². The summed E-state index contributed by atoms with van der Waals surface area (Å²) >= 11 is 16.1. The summed E-state index contributed by atoms with van der Waals surface area (Å²) in [6.07, 6.45) is 0. The quantitative estimate of drug-likeness (QED) is 0.392. The molecule has 0 N–H and O–H groups in total. The van der Waals surface area contributed by atoms with E-state index in [1.54, 1.807) is 0 Å². The molecule has 74 valence electrons. The fourth-order valence-corrected chi connectivity index (χ4v) is 5.77. The van der Waals surface area contributed by atoms with Gasteiger partial charge < -0.3 is 0 Å². The predicted octanol–water partition coefficient (Wildman–Crippen LogP) is 3.95. The van der Waals surface area contributed by atoms with Crippen LogP contribution < -0.4 is 0 Å². The van der Waals surface area contributed by atoms with E-state index in [0.717, 1.165) is 15.3 Å². The molecule has 0 aromatic rings. The fourth-order valence-electron chi connectivity index (χ4n) is 0.370. The molecule has 0 heterocycles. The predicted molar refractivity (Wildman–Crippen MR) is 77.3 cm³/mol. The summed E-state index contributed by atoms with van der Waals surface area (Å²) in [5.74, 6) is 0. The van der Waals surface area contributed by atoms with Crippen LogP contribution in [0.4, 0.5) is 0 Å². The molecular formula is C6H14S6. The van der Waals surface area contributed by atoms with Gasteiger partial charge in [-0.1, -0.05) is 0 Å². The molecule has 1 unspecified atom stereocenters. The topological polar surface area (TPSA) is 0 Å². The van der Waals surface area contributed by atoms with Crippen LogP contribution in [0.2, 0.25) is 0 Å². The Kier molecular flexibility index (Phi) is 13.1. The van der Waals surface area contributed by atoms with Crippen LogP contribution in [0, 0.1) is 0 Å². The van der Waals surface area contributed by atoms with E-state index in [4.69, 9.17) is 0 Å². The highest BCUT2D eigenvalue weighted by Gasteiger charge is 1.94. The van der Waals surface area contributed by atoms with E-state index in [1.807, 2.05) is 47.0 Å². The fraction of sp³-hybridized carbons (Fsp3) is 1.00. The van der Waals surface area contributed by atoms with Crippen LogP contribution in [0.1, 0.15) is 6.92 Å². The molecule has 0 aliphatic carbocycles. The molecule has 0 nitrogen and oxygen atoms in total. The van der Waals surface area contributed by atoms with E-state index in [-0.39, 0.29) is 0 Å². The van der Waals surface area contributed by atoms with Crippen LogP contribution in [0.15, 0.2) is 0 Å². The third-order valence-corrected chi connectivity index (χ3v) is 6.35. The summed E-state index contributed by atoms with van der Waals surface area (Å²) in [7, 11) is 0. The lowest BCUT2D eigenvalue weighted by atomic mass is 11.0. The van der Waals surface area contributed by atoms with Crippen molar-refractivity contribution >= 4 is 72.3 Å². The van der Waals surface area contributed by atoms with Gasteiger partial charge >= 0.3 is 0 Å². The third-order valence-electron chi connectivity index (χ3n) is 0.817. The van der Waals surface area contributed by atoms with Gasteiger partial charge in [-0.25, -0.2) is 0 Å². The molecule has 0 bridgehead atoms. The molecule has 0 aromatic heterocycles. The van der Waals surface area contributed by atoms with Crippen molar-refractivity contribution in [2.24, 2.45) is 0 Å². The molecule has 0 amide bonds. The number of hydrogen-bond donors (Lipinski definition) is 2. The van der Waals surface area contributed by atoms with Gasteiger partial charge in [0.2, 0.25) is 0 Å². The minimum Gasteiger partial charge on any atom is -0.168 e. The Morgan fingerprint density at radius 1 is 1.08 bits per heavy atom. The molecule has 0 fully saturated rings. The van der Waals surface area contributed by atoms with Crippen molar-refractivity contribution in [3.8, 4) is 0 Å². The zero-order chi connectivity index (χ0) is 9.23. The second-order valence-corrected chi connectivity index (χ2v) is 9.11. The van der Waals surface area contributed by atoms with E-state index < -0.39 is 0 Å². The lowest BCUT2D eigenvalue weighted by molar-refractivity contribution is 1.44. The second-order valence-electron chi connectivity index (χ2n) is 1.86. The monoisotopic (exact) mass is 278 g/mol. The highest BCUT2D eigenvalue weighted by atomic mass is 32.3. The highest BCUT2D eigenvalue weighted by molar-refractivity contribution is 8.28. The number of hydrogen-bond acceptors (Lipinski definition) is 6. The van der Waals surface area contributed by atoms with Crippen molar-refractivity contribution in [1.29, 1.82) is 0 Å². The third kappa shape index (κ3) is 12.1. The van der Waals surface area contributed by atoms with Gasteiger partial charge in [0.1, 0.15) is 0 Å². The first-order valence-corrected chi connectivity index (χ1v) is 9.07. The normalized spacial score (nSPS) is 13.2. The summed E-state index contributed by atoms with van der Waals surface area (Å²) < 4.78 is 0.467. The minimum atomic E-state index is 0.467. The maximum atomic E-state index is 4.29. The Bertz CT molecular complexity index is 86.1. The number of thioether (sulfide) groups is 4. The van der Waals surface area contributed by atoms with Crippen LogP contribution in [0.25, 0.3) is 0 Å².